The Morgan fingerprint density at radius 2 is 1.80 bits per heavy atom. The first-order chi connectivity index (χ1) is 6.98. The summed E-state index contributed by atoms with van der Waals surface area (Å²) >= 11 is 0. The Hall–Kier alpha value is -0.170. The lowest BCUT2D eigenvalue weighted by Gasteiger charge is -2.11. The second kappa shape index (κ2) is 8.04. The monoisotopic (exact) mass is 237 g/mol. The molecule has 0 bridgehead atoms. The van der Waals surface area contributed by atoms with Crippen LogP contribution in [0.2, 0.25) is 0 Å². The van der Waals surface area contributed by atoms with Gasteiger partial charge in [-0.3, -0.25) is 0 Å². The molecule has 6 heteroatoms. The second-order valence-electron chi connectivity index (χ2n) is 3.77. The lowest BCUT2D eigenvalue weighted by molar-refractivity contribution is 0.412. The largest absolute Gasteiger partial charge is 0.316 e. The van der Waals surface area contributed by atoms with Crippen molar-refractivity contribution in [3.05, 3.63) is 0 Å². The number of hydrogen-bond acceptors (Lipinski definition) is 4. The van der Waals surface area contributed by atoms with Crippen LogP contribution in [0.3, 0.4) is 0 Å². The van der Waals surface area contributed by atoms with Crippen molar-refractivity contribution in [3.8, 4) is 0 Å². The van der Waals surface area contributed by atoms with Crippen molar-refractivity contribution in [2.45, 2.75) is 13.3 Å². The number of sulfonamides is 1. The van der Waals surface area contributed by atoms with Gasteiger partial charge in [-0.15, -0.1) is 0 Å². The molecule has 0 aromatic rings. The van der Waals surface area contributed by atoms with Crippen molar-refractivity contribution in [3.63, 3.8) is 0 Å². The molecule has 0 rings (SSSR count). The molecule has 0 aliphatic rings. The van der Waals surface area contributed by atoms with E-state index in [1.165, 1.54) is 0 Å². The zero-order valence-electron chi connectivity index (χ0n) is 9.91. The molecule has 92 valence electrons. The maximum absolute atomic E-state index is 11.4. The molecule has 0 saturated carbocycles. The first kappa shape index (κ1) is 14.8. The van der Waals surface area contributed by atoms with E-state index in [1.807, 2.05) is 19.0 Å². The van der Waals surface area contributed by atoms with Crippen molar-refractivity contribution in [1.29, 1.82) is 0 Å². The van der Waals surface area contributed by atoms with E-state index in [2.05, 4.69) is 17.0 Å². The van der Waals surface area contributed by atoms with Gasteiger partial charge in [0.25, 0.3) is 0 Å². The molecule has 0 atom stereocenters. The summed E-state index contributed by atoms with van der Waals surface area (Å²) in [6, 6.07) is 0. The van der Waals surface area contributed by atoms with Gasteiger partial charge in [-0.2, -0.15) is 0 Å². The highest BCUT2D eigenvalue weighted by molar-refractivity contribution is 7.89. The fourth-order valence-electron chi connectivity index (χ4n) is 1.01. The van der Waals surface area contributed by atoms with Gasteiger partial charge in [-0.25, -0.2) is 13.1 Å². The summed E-state index contributed by atoms with van der Waals surface area (Å²) in [6.07, 6.45) is 1.02. The van der Waals surface area contributed by atoms with Crippen molar-refractivity contribution in [2.75, 3.05) is 46.0 Å². The summed E-state index contributed by atoms with van der Waals surface area (Å²) in [6.45, 7) is 4.64. The Bertz CT molecular complexity index is 240. The van der Waals surface area contributed by atoms with Gasteiger partial charge in [0.1, 0.15) is 0 Å². The fourth-order valence-corrected chi connectivity index (χ4v) is 1.96. The van der Waals surface area contributed by atoms with Crippen LogP contribution in [0.4, 0.5) is 0 Å². The number of nitrogens with one attached hydrogen (secondary N) is 2. The van der Waals surface area contributed by atoms with Crippen LogP contribution in [0, 0.1) is 0 Å². The molecule has 0 saturated heterocycles. The number of nitrogens with zero attached hydrogens (tertiary/aromatic N) is 1. The molecule has 0 heterocycles. The molecule has 15 heavy (non-hydrogen) atoms. The van der Waals surface area contributed by atoms with Gasteiger partial charge in [0.2, 0.25) is 10.0 Å². The summed E-state index contributed by atoms with van der Waals surface area (Å²) in [5.41, 5.74) is 0. The molecule has 0 fully saturated rings. The van der Waals surface area contributed by atoms with Crippen LogP contribution in [-0.2, 0) is 10.0 Å². The smallest absolute Gasteiger partial charge is 0.212 e. The standard InChI is InChI=1S/C9H23N3O2S/c1-4-5-10-7-9-15(13,14)11-6-8-12(2)3/h10-11H,4-9H2,1-3H3. The Morgan fingerprint density at radius 3 is 2.33 bits per heavy atom. The molecule has 0 aliphatic heterocycles. The molecule has 5 nitrogen and oxygen atoms in total. The van der Waals surface area contributed by atoms with Crippen LogP contribution < -0.4 is 10.0 Å². The third kappa shape index (κ3) is 10.1. The van der Waals surface area contributed by atoms with Crippen LogP contribution in [-0.4, -0.2) is 59.3 Å². The molecule has 0 aromatic heterocycles. The molecular weight excluding hydrogens is 214 g/mol. The van der Waals surface area contributed by atoms with Gasteiger partial charge >= 0.3 is 0 Å². The average Bonchev–Trinajstić information content (AvgIpc) is 2.11. The van der Waals surface area contributed by atoms with E-state index in [1.54, 1.807) is 0 Å². The lowest BCUT2D eigenvalue weighted by Crippen LogP contribution is -2.35. The third-order valence-corrected chi connectivity index (χ3v) is 3.24. The van der Waals surface area contributed by atoms with E-state index in [4.69, 9.17) is 0 Å². The minimum atomic E-state index is -3.10. The van der Waals surface area contributed by atoms with Gasteiger partial charge in [0, 0.05) is 19.6 Å². The van der Waals surface area contributed by atoms with Crippen LogP contribution in [0.15, 0.2) is 0 Å². The van der Waals surface area contributed by atoms with Crippen molar-refractivity contribution in [2.24, 2.45) is 0 Å². The van der Waals surface area contributed by atoms with Gasteiger partial charge in [-0.05, 0) is 27.1 Å². The topological polar surface area (TPSA) is 61.4 Å². The quantitative estimate of drug-likeness (QED) is 0.529. The van der Waals surface area contributed by atoms with Crippen molar-refractivity contribution in [1.82, 2.24) is 14.9 Å². The first-order valence-corrected chi connectivity index (χ1v) is 6.96. The Kier molecular flexibility index (Phi) is 7.95. The van der Waals surface area contributed by atoms with E-state index in [9.17, 15) is 8.42 Å². The Labute approximate surface area is 93.3 Å². The van der Waals surface area contributed by atoms with E-state index >= 15 is 0 Å². The van der Waals surface area contributed by atoms with Gasteiger partial charge < -0.3 is 10.2 Å². The normalized spacial score (nSPS) is 12.3. The van der Waals surface area contributed by atoms with E-state index in [0.717, 1.165) is 19.5 Å². The predicted octanol–water partition coefficient (Wildman–Crippen LogP) is -0.533. The maximum atomic E-state index is 11.4. The van der Waals surface area contributed by atoms with E-state index < -0.39 is 10.0 Å². The predicted molar refractivity (Wildman–Crippen MR) is 63.5 cm³/mol. The molecule has 0 unspecified atom stereocenters. The summed E-state index contributed by atoms with van der Waals surface area (Å²) in [5, 5.41) is 3.06. The highest BCUT2D eigenvalue weighted by Crippen LogP contribution is 1.83. The van der Waals surface area contributed by atoms with E-state index in [-0.39, 0.29) is 5.75 Å². The van der Waals surface area contributed by atoms with Gasteiger partial charge in [0.05, 0.1) is 5.75 Å². The molecule has 2 N–H and O–H groups in total. The van der Waals surface area contributed by atoms with Crippen LogP contribution in [0.1, 0.15) is 13.3 Å². The number of rotatable bonds is 9. The second-order valence-corrected chi connectivity index (χ2v) is 5.69. The lowest BCUT2D eigenvalue weighted by atomic mass is 10.5. The minimum absolute atomic E-state index is 0.153. The SMILES string of the molecule is CCCNCCS(=O)(=O)NCCN(C)C. The zero-order chi connectivity index (χ0) is 11.7. The van der Waals surface area contributed by atoms with Crippen LogP contribution in [0.25, 0.3) is 0 Å². The number of likely N-dealkylation sites (N-methyl/N-ethyl adjacent to an activating group) is 1. The molecule has 0 aliphatic carbocycles. The summed E-state index contributed by atoms with van der Waals surface area (Å²) in [7, 11) is 0.731. The summed E-state index contributed by atoms with van der Waals surface area (Å²) < 4.78 is 25.4. The highest BCUT2D eigenvalue weighted by Gasteiger charge is 2.08. The van der Waals surface area contributed by atoms with Crippen LogP contribution in [0.5, 0.6) is 0 Å². The van der Waals surface area contributed by atoms with Gasteiger partial charge in [-0.1, -0.05) is 6.92 Å². The molecule has 0 aromatic carbocycles. The fraction of sp³-hybridized carbons (Fsp3) is 1.00. The minimum Gasteiger partial charge on any atom is -0.316 e. The molecule has 0 radical (unpaired) electrons. The summed E-state index contributed by atoms with van der Waals surface area (Å²) in [4.78, 5) is 1.94. The molecule has 0 spiro atoms. The first-order valence-electron chi connectivity index (χ1n) is 5.30. The van der Waals surface area contributed by atoms with E-state index in [0.29, 0.717) is 13.1 Å². The average molecular weight is 237 g/mol. The van der Waals surface area contributed by atoms with Crippen molar-refractivity contribution < 1.29 is 8.42 Å². The number of hydrogen-bond donors (Lipinski definition) is 2. The maximum Gasteiger partial charge on any atom is 0.212 e. The highest BCUT2D eigenvalue weighted by atomic mass is 32.2. The Morgan fingerprint density at radius 1 is 1.13 bits per heavy atom. The van der Waals surface area contributed by atoms with Crippen molar-refractivity contribution >= 4 is 10.0 Å². The molecular formula is C9H23N3O2S. The molecule has 0 amide bonds. The van der Waals surface area contributed by atoms with Gasteiger partial charge in [0.15, 0.2) is 0 Å². The summed E-state index contributed by atoms with van der Waals surface area (Å²) in [5.74, 6) is 0.153. The third-order valence-electron chi connectivity index (χ3n) is 1.86. The zero-order valence-corrected chi connectivity index (χ0v) is 10.7. The van der Waals surface area contributed by atoms with Crippen LogP contribution >= 0.6 is 0 Å². The Balaban J connectivity index is 3.59.